The Hall–Kier alpha value is -0.610. The van der Waals surface area contributed by atoms with E-state index in [0.29, 0.717) is 0 Å². The third-order valence-corrected chi connectivity index (χ3v) is 9.05. The summed E-state index contributed by atoms with van der Waals surface area (Å²) in [4.78, 5) is 0. The van der Waals surface area contributed by atoms with E-state index < -0.39 is 0 Å². The van der Waals surface area contributed by atoms with E-state index in [4.69, 9.17) is 0 Å². The molecule has 0 N–H and O–H groups in total. The number of benzene rings is 1. The average molecular weight is 314 g/mol. The van der Waals surface area contributed by atoms with Crippen LogP contribution in [0.15, 0.2) is 36.4 Å². The van der Waals surface area contributed by atoms with Crippen LogP contribution in [0.3, 0.4) is 0 Å². The van der Waals surface area contributed by atoms with Crippen LogP contribution in [0.2, 0.25) is 0 Å². The Bertz CT molecular complexity index is 420. The van der Waals surface area contributed by atoms with Gasteiger partial charge < -0.3 is 0 Å². The van der Waals surface area contributed by atoms with E-state index in [2.05, 4.69) is 42.5 Å². The highest BCUT2D eigenvalue weighted by Crippen LogP contribution is 2.55. The van der Waals surface area contributed by atoms with E-state index >= 15 is 0 Å². The molecular weight excluding hydrogens is 283 g/mol. The highest BCUT2D eigenvalue weighted by molar-refractivity contribution is 7.59. The largest absolute Gasteiger partial charge is 0.0965 e. The number of rotatable bonds is 5. The molecule has 1 heteroatoms. The molecule has 0 bridgehead atoms. The van der Waals surface area contributed by atoms with Gasteiger partial charge in [0.05, 0.1) is 0 Å². The van der Waals surface area contributed by atoms with Gasteiger partial charge in [-0.05, 0) is 48.7 Å². The zero-order valence-corrected chi connectivity index (χ0v) is 14.8. The first-order valence-corrected chi connectivity index (χ1v) is 11.1. The first kappa shape index (κ1) is 16.3. The monoisotopic (exact) mass is 314 g/mol. The fourth-order valence-corrected chi connectivity index (χ4v) is 7.89. The molecule has 0 unspecified atom stereocenters. The van der Waals surface area contributed by atoms with Crippen LogP contribution in [-0.4, -0.2) is 17.5 Å². The topological polar surface area (TPSA) is 0 Å². The molecule has 2 saturated carbocycles. The maximum atomic E-state index is 2.50. The van der Waals surface area contributed by atoms with Gasteiger partial charge in [-0.1, -0.05) is 88.9 Å². The van der Waals surface area contributed by atoms with Crippen molar-refractivity contribution in [2.75, 3.05) is 6.16 Å². The molecule has 0 amide bonds. The van der Waals surface area contributed by atoms with Crippen LogP contribution >= 0.6 is 7.92 Å². The minimum Gasteiger partial charge on any atom is -0.0965 e. The molecule has 3 rings (SSSR count). The number of hydrogen-bond donors (Lipinski definition) is 0. The summed E-state index contributed by atoms with van der Waals surface area (Å²) in [6, 6.07) is 10.8. The minimum absolute atomic E-state index is 0.220. The van der Waals surface area contributed by atoms with Gasteiger partial charge >= 0.3 is 0 Å². The molecule has 0 heterocycles. The van der Waals surface area contributed by atoms with Crippen molar-refractivity contribution in [3.05, 3.63) is 42.0 Å². The van der Waals surface area contributed by atoms with Crippen molar-refractivity contribution in [3.8, 4) is 0 Å². The minimum atomic E-state index is 0.220. The first-order valence-electron chi connectivity index (χ1n) is 9.41. The van der Waals surface area contributed by atoms with Gasteiger partial charge in [-0.15, -0.1) is 0 Å². The zero-order chi connectivity index (χ0) is 15.0. The van der Waals surface area contributed by atoms with Gasteiger partial charge in [0.1, 0.15) is 0 Å². The SMILES string of the molecule is C(=C\c1ccccc1)/CP(C1CCCCC1)C1CCCCC1. The molecule has 0 spiro atoms. The molecule has 0 aliphatic heterocycles. The first-order chi connectivity index (χ1) is 10.9. The Balaban J connectivity index is 1.63. The second kappa shape index (κ2) is 8.88. The average Bonchev–Trinajstić information content (AvgIpc) is 2.61. The van der Waals surface area contributed by atoms with Crippen molar-refractivity contribution in [1.82, 2.24) is 0 Å². The fraction of sp³-hybridized carbons (Fsp3) is 0.619. The molecule has 0 radical (unpaired) electrons. The molecule has 2 aliphatic rings. The lowest BCUT2D eigenvalue weighted by molar-refractivity contribution is 0.485. The van der Waals surface area contributed by atoms with E-state index in [1.165, 1.54) is 75.9 Å². The van der Waals surface area contributed by atoms with Gasteiger partial charge in [0.25, 0.3) is 0 Å². The summed E-state index contributed by atoms with van der Waals surface area (Å²) < 4.78 is 0. The van der Waals surface area contributed by atoms with Gasteiger partial charge in [-0.25, -0.2) is 0 Å². The van der Waals surface area contributed by atoms with Gasteiger partial charge in [0.15, 0.2) is 0 Å². The highest BCUT2D eigenvalue weighted by Gasteiger charge is 2.29. The lowest BCUT2D eigenvalue weighted by atomic mass is 9.99. The Morgan fingerprint density at radius 3 is 1.86 bits per heavy atom. The summed E-state index contributed by atoms with van der Waals surface area (Å²) in [7, 11) is 0.220. The molecule has 22 heavy (non-hydrogen) atoms. The van der Waals surface area contributed by atoms with E-state index in [0.717, 1.165) is 11.3 Å². The normalized spacial score (nSPS) is 21.7. The highest BCUT2D eigenvalue weighted by atomic mass is 31.1. The van der Waals surface area contributed by atoms with Crippen LogP contribution in [0.25, 0.3) is 6.08 Å². The lowest BCUT2D eigenvalue weighted by Crippen LogP contribution is -2.21. The van der Waals surface area contributed by atoms with Crippen LogP contribution < -0.4 is 0 Å². The summed E-state index contributed by atoms with van der Waals surface area (Å²) in [5.74, 6) is 0. The van der Waals surface area contributed by atoms with Crippen LogP contribution in [0.1, 0.15) is 69.8 Å². The van der Waals surface area contributed by atoms with Gasteiger partial charge in [-0.3, -0.25) is 0 Å². The standard InChI is InChI=1S/C21H31P/c1-4-11-19(12-5-1)13-10-18-22(20-14-6-2-7-15-20)21-16-8-3-9-17-21/h1,4-5,10-13,20-21H,2-3,6-9,14-18H2/b13-10+. The zero-order valence-electron chi connectivity index (χ0n) is 13.9. The molecule has 2 aliphatic carbocycles. The molecule has 0 aromatic heterocycles. The third-order valence-electron chi connectivity index (χ3n) is 5.51. The predicted molar refractivity (Wildman–Crippen MR) is 101 cm³/mol. The predicted octanol–water partition coefficient (Wildman–Crippen LogP) is 6.85. The van der Waals surface area contributed by atoms with Crippen molar-refractivity contribution in [2.24, 2.45) is 0 Å². The van der Waals surface area contributed by atoms with E-state index in [-0.39, 0.29) is 7.92 Å². The van der Waals surface area contributed by atoms with Crippen LogP contribution in [0.5, 0.6) is 0 Å². The summed E-state index contributed by atoms with van der Waals surface area (Å²) in [6.07, 6.45) is 21.3. The van der Waals surface area contributed by atoms with Gasteiger partial charge in [0, 0.05) is 0 Å². The molecule has 0 nitrogen and oxygen atoms in total. The maximum absolute atomic E-state index is 2.50. The molecule has 0 saturated heterocycles. The second-order valence-electron chi connectivity index (χ2n) is 7.09. The summed E-state index contributed by atoms with van der Waals surface area (Å²) in [5, 5.41) is 0. The van der Waals surface area contributed by atoms with E-state index in [1.54, 1.807) is 0 Å². The van der Waals surface area contributed by atoms with Crippen molar-refractivity contribution < 1.29 is 0 Å². The molecule has 0 atom stereocenters. The Labute approximate surface area is 138 Å². The Morgan fingerprint density at radius 2 is 1.32 bits per heavy atom. The van der Waals surface area contributed by atoms with Crippen LogP contribution in [0.4, 0.5) is 0 Å². The smallest absolute Gasteiger partial charge is 0.0136 e. The maximum Gasteiger partial charge on any atom is -0.0136 e. The molecule has 120 valence electrons. The van der Waals surface area contributed by atoms with Gasteiger partial charge in [0.2, 0.25) is 0 Å². The Kier molecular flexibility index (Phi) is 6.56. The van der Waals surface area contributed by atoms with Crippen molar-refractivity contribution >= 4 is 14.0 Å². The fourth-order valence-electron chi connectivity index (χ4n) is 4.30. The third kappa shape index (κ3) is 4.69. The summed E-state index contributed by atoms with van der Waals surface area (Å²) in [5.41, 5.74) is 3.52. The quantitative estimate of drug-likeness (QED) is 0.521. The number of hydrogen-bond acceptors (Lipinski definition) is 0. The van der Waals surface area contributed by atoms with Crippen LogP contribution in [-0.2, 0) is 0 Å². The summed E-state index contributed by atoms with van der Waals surface area (Å²) >= 11 is 0. The molecular formula is C21H31P. The van der Waals surface area contributed by atoms with Gasteiger partial charge in [-0.2, -0.15) is 0 Å². The van der Waals surface area contributed by atoms with E-state index in [1.807, 2.05) is 0 Å². The molecule has 1 aromatic rings. The lowest BCUT2D eigenvalue weighted by Gasteiger charge is -2.38. The van der Waals surface area contributed by atoms with Crippen LogP contribution in [0, 0.1) is 0 Å². The second-order valence-corrected chi connectivity index (χ2v) is 9.95. The van der Waals surface area contributed by atoms with Crippen molar-refractivity contribution in [2.45, 2.75) is 75.5 Å². The van der Waals surface area contributed by atoms with E-state index in [9.17, 15) is 0 Å². The number of allylic oxidation sites excluding steroid dienone is 1. The molecule has 2 fully saturated rings. The summed E-state index contributed by atoms with van der Waals surface area (Å²) in [6.45, 7) is 0. The Morgan fingerprint density at radius 1 is 0.773 bits per heavy atom. The van der Waals surface area contributed by atoms with Crippen molar-refractivity contribution in [3.63, 3.8) is 0 Å². The molecule has 1 aromatic carbocycles. The van der Waals surface area contributed by atoms with Crippen molar-refractivity contribution in [1.29, 1.82) is 0 Å².